The van der Waals surface area contributed by atoms with Crippen LogP contribution in [0.15, 0.2) is 12.1 Å². The average Bonchev–Trinajstić information content (AvgIpc) is 2.89. The summed E-state index contributed by atoms with van der Waals surface area (Å²) >= 11 is 0. The minimum Gasteiger partial charge on any atom is -0.507 e. The van der Waals surface area contributed by atoms with E-state index in [0.29, 0.717) is 18.8 Å². The van der Waals surface area contributed by atoms with E-state index in [-0.39, 0.29) is 22.5 Å². The lowest BCUT2D eigenvalue weighted by Crippen LogP contribution is -2.25. The van der Waals surface area contributed by atoms with Crippen LogP contribution in [-0.2, 0) is 36.6 Å². The van der Waals surface area contributed by atoms with Gasteiger partial charge in [-0.05, 0) is 46.3 Å². The van der Waals surface area contributed by atoms with Crippen LogP contribution in [-0.4, -0.2) is 37.6 Å². The molecule has 0 aliphatic heterocycles. The van der Waals surface area contributed by atoms with Crippen molar-refractivity contribution in [2.75, 3.05) is 18.1 Å². The zero-order chi connectivity index (χ0) is 33.2. The Hall–Kier alpha value is -1.56. The highest BCUT2D eigenvalue weighted by Crippen LogP contribution is 2.40. The van der Waals surface area contributed by atoms with Crippen molar-refractivity contribution < 1.29 is 23.1 Å². The van der Waals surface area contributed by atoms with Crippen LogP contribution >= 0.6 is 0 Å². The Kier molecular flexibility index (Phi) is 18.9. The summed E-state index contributed by atoms with van der Waals surface area (Å²) in [6.45, 7) is 16.9. The molecule has 1 N–H and O–H groups in total. The SMILES string of the molecule is CCCCCCCCCCCCCCCCCCOC(=O)CS(=O)(=O)CC(C)Cc1cc(C(C)(C)C)c(O)c(C(C)(C)C)c1. The molecule has 5 nitrogen and oxygen atoms in total. The highest BCUT2D eigenvalue weighted by molar-refractivity contribution is 7.92. The number of phenolic OH excluding ortho intramolecular Hbond substituents is 1. The zero-order valence-corrected chi connectivity index (χ0v) is 30.7. The fraction of sp³-hybridized carbons (Fsp3) is 0.816. The van der Waals surface area contributed by atoms with Crippen LogP contribution in [0.2, 0.25) is 0 Å². The Morgan fingerprint density at radius 3 is 1.50 bits per heavy atom. The lowest BCUT2D eigenvalue weighted by Gasteiger charge is -2.28. The number of benzene rings is 1. The molecular weight excluding hydrogens is 568 g/mol. The van der Waals surface area contributed by atoms with Crippen LogP contribution < -0.4 is 0 Å². The van der Waals surface area contributed by atoms with Crippen molar-refractivity contribution in [3.05, 3.63) is 28.8 Å². The smallest absolute Gasteiger partial charge is 0.321 e. The quantitative estimate of drug-likeness (QED) is 0.0955. The molecule has 0 radical (unpaired) electrons. The number of aromatic hydroxyl groups is 1. The van der Waals surface area contributed by atoms with Crippen LogP contribution in [0.25, 0.3) is 0 Å². The third kappa shape index (κ3) is 17.8. The van der Waals surface area contributed by atoms with E-state index >= 15 is 0 Å². The summed E-state index contributed by atoms with van der Waals surface area (Å²) in [6.07, 6.45) is 21.1. The maximum absolute atomic E-state index is 12.8. The standard InChI is InChI=1S/C38H68O5S/c1-9-10-11-12-13-14-15-16-17-18-19-20-21-22-23-24-25-43-35(39)30-44(41,42)29-31(2)26-32-27-33(37(3,4)5)36(40)34(28-32)38(6,7)8/h27-28,31,40H,9-26,29-30H2,1-8H3. The monoisotopic (exact) mass is 636 g/mol. The molecule has 0 spiro atoms. The van der Waals surface area contributed by atoms with E-state index in [2.05, 4.69) is 48.5 Å². The molecule has 0 aromatic heterocycles. The average molecular weight is 637 g/mol. The van der Waals surface area contributed by atoms with Gasteiger partial charge in [0.1, 0.15) is 11.5 Å². The maximum Gasteiger partial charge on any atom is 0.321 e. The van der Waals surface area contributed by atoms with E-state index < -0.39 is 21.6 Å². The fourth-order valence-corrected chi connectivity index (χ4v) is 7.51. The summed E-state index contributed by atoms with van der Waals surface area (Å²) in [5.41, 5.74) is 2.25. The van der Waals surface area contributed by atoms with Crippen molar-refractivity contribution in [3.8, 4) is 5.75 Å². The molecule has 0 bridgehead atoms. The summed E-state index contributed by atoms with van der Waals surface area (Å²) in [4.78, 5) is 12.3. The van der Waals surface area contributed by atoms with E-state index in [1.54, 1.807) is 0 Å². The van der Waals surface area contributed by atoms with Gasteiger partial charge in [0.15, 0.2) is 9.84 Å². The minimum absolute atomic E-state index is 0.0717. The summed E-state index contributed by atoms with van der Waals surface area (Å²) in [5.74, 6) is -1.13. The Morgan fingerprint density at radius 1 is 0.727 bits per heavy atom. The Labute approximate surface area is 272 Å². The van der Waals surface area contributed by atoms with Crippen molar-refractivity contribution in [1.29, 1.82) is 0 Å². The van der Waals surface area contributed by atoms with E-state index in [4.69, 9.17) is 4.74 Å². The van der Waals surface area contributed by atoms with Crippen molar-refractivity contribution in [2.45, 2.75) is 175 Å². The third-order valence-corrected chi connectivity index (χ3v) is 10.3. The van der Waals surface area contributed by atoms with Gasteiger partial charge in [0, 0.05) is 0 Å². The number of ether oxygens (including phenoxy) is 1. The number of unbranched alkanes of at least 4 members (excludes halogenated alkanes) is 15. The summed E-state index contributed by atoms with van der Waals surface area (Å²) < 4.78 is 30.8. The highest BCUT2D eigenvalue weighted by Gasteiger charge is 2.27. The molecule has 256 valence electrons. The molecule has 1 atom stereocenters. The molecule has 0 fully saturated rings. The van der Waals surface area contributed by atoms with Crippen LogP contribution in [0, 0.1) is 5.92 Å². The second kappa shape index (κ2) is 20.5. The molecule has 0 aliphatic carbocycles. The molecule has 0 saturated carbocycles. The summed E-state index contributed by atoms with van der Waals surface area (Å²) in [6, 6.07) is 4.00. The minimum atomic E-state index is -3.58. The first-order valence-corrected chi connectivity index (χ1v) is 19.6. The van der Waals surface area contributed by atoms with Gasteiger partial charge in [-0.1, -0.05) is 164 Å². The number of hydrogen-bond donors (Lipinski definition) is 1. The molecule has 44 heavy (non-hydrogen) atoms. The van der Waals surface area contributed by atoms with Gasteiger partial charge >= 0.3 is 5.97 Å². The van der Waals surface area contributed by atoms with E-state index in [1.807, 2.05) is 19.1 Å². The van der Waals surface area contributed by atoms with Crippen LogP contribution in [0.3, 0.4) is 0 Å². The van der Waals surface area contributed by atoms with Crippen LogP contribution in [0.1, 0.15) is 175 Å². The fourth-order valence-electron chi connectivity index (χ4n) is 5.97. The number of sulfone groups is 1. The Balaban J connectivity index is 2.27. The normalized spacial score (nSPS) is 13.3. The molecule has 1 rings (SSSR count). The molecule has 0 aliphatic rings. The molecule has 0 saturated heterocycles. The highest BCUT2D eigenvalue weighted by atomic mass is 32.2. The van der Waals surface area contributed by atoms with Gasteiger partial charge in [0.25, 0.3) is 0 Å². The molecule has 1 aromatic carbocycles. The predicted octanol–water partition coefficient (Wildman–Crippen LogP) is 10.4. The van der Waals surface area contributed by atoms with E-state index in [0.717, 1.165) is 36.0 Å². The van der Waals surface area contributed by atoms with Crippen LogP contribution in [0.4, 0.5) is 0 Å². The van der Waals surface area contributed by atoms with Crippen molar-refractivity contribution in [1.82, 2.24) is 0 Å². The molecule has 0 amide bonds. The van der Waals surface area contributed by atoms with Crippen molar-refractivity contribution in [2.24, 2.45) is 5.92 Å². The van der Waals surface area contributed by atoms with Crippen LogP contribution in [0.5, 0.6) is 5.75 Å². The van der Waals surface area contributed by atoms with Gasteiger partial charge in [0.2, 0.25) is 0 Å². The molecular formula is C38H68O5S. The number of esters is 1. The van der Waals surface area contributed by atoms with Crippen molar-refractivity contribution >= 4 is 15.8 Å². The van der Waals surface area contributed by atoms with Gasteiger partial charge in [0.05, 0.1) is 12.4 Å². The molecule has 1 aromatic rings. The first kappa shape index (κ1) is 40.5. The first-order chi connectivity index (χ1) is 20.6. The predicted molar refractivity (Wildman–Crippen MR) is 188 cm³/mol. The van der Waals surface area contributed by atoms with Gasteiger partial charge in [-0.25, -0.2) is 8.42 Å². The van der Waals surface area contributed by atoms with E-state index in [1.165, 1.54) is 83.5 Å². The molecule has 0 heterocycles. The van der Waals surface area contributed by atoms with Gasteiger partial charge in [-0.3, -0.25) is 4.79 Å². The number of phenols is 1. The van der Waals surface area contributed by atoms with Crippen molar-refractivity contribution in [3.63, 3.8) is 0 Å². The number of rotatable bonds is 23. The lowest BCUT2D eigenvalue weighted by molar-refractivity contribution is -0.140. The third-order valence-electron chi connectivity index (χ3n) is 8.51. The Morgan fingerprint density at radius 2 is 1.11 bits per heavy atom. The summed E-state index contributed by atoms with van der Waals surface area (Å²) in [5, 5.41) is 11.0. The molecule has 1 unspecified atom stereocenters. The summed E-state index contributed by atoms with van der Waals surface area (Å²) in [7, 11) is -3.58. The van der Waals surface area contributed by atoms with Gasteiger partial charge in [-0.15, -0.1) is 0 Å². The maximum atomic E-state index is 12.8. The second-order valence-electron chi connectivity index (χ2n) is 15.4. The number of hydrogen-bond acceptors (Lipinski definition) is 5. The molecule has 6 heteroatoms. The lowest BCUT2D eigenvalue weighted by atomic mass is 9.77. The van der Waals surface area contributed by atoms with E-state index in [9.17, 15) is 18.3 Å². The van der Waals surface area contributed by atoms with Gasteiger partial charge < -0.3 is 9.84 Å². The number of carbonyl (C=O) groups is 1. The zero-order valence-electron chi connectivity index (χ0n) is 29.9. The largest absolute Gasteiger partial charge is 0.507 e. The second-order valence-corrected chi connectivity index (χ2v) is 17.5. The first-order valence-electron chi connectivity index (χ1n) is 17.8. The Bertz CT molecular complexity index is 1010. The topological polar surface area (TPSA) is 80.7 Å². The number of carbonyl (C=O) groups excluding carboxylic acids is 1. The van der Waals surface area contributed by atoms with Gasteiger partial charge in [-0.2, -0.15) is 0 Å².